The van der Waals surface area contributed by atoms with Crippen molar-refractivity contribution in [1.82, 2.24) is 10.2 Å². The number of ether oxygens (including phenoxy) is 1. The molecule has 0 aliphatic carbocycles. The number of hydrogen-bond donors (Lipinski definition) is 2. The number of carbonyl (C=O) groups is 3. The van der Waals surface area contributed by atoms with E-state index < -0.39 is 29.9 Å². The van der Waals surface area contributed by atoms with E-state index >= 15 is 0 Å². The summed E-state index contributed by atoms with van der Waals surface area (Å²) in [6.07, 6.45) is 0. The van der Waals surface area contributed by atoms with Crippen LogP contribution in [-0.2, 0) is 15.1 Å². The van der Waals surface area contributed by atoms with Crippen LogP contribution in [0.15, 0.2) is 36.4 Å². The lowest BCUT2D eigenvalue weighted by Crippen LogP contribution is -2.42. The van der Waals surface area contributed by atoms with Gasteiger partial charge < -0.3 is 15.4 Å². The second-order valence-electron chi connectivity index (χ2n) is 6.47. The second kappa shape index (κ2) is 8.10. The number of methoxy groups -OCH3 is 1. The van der Waals surface area contributed by atoms with E-state index in [0.717, 1.165) is 4.90 Å². The van der Waals surface area contributed by atoms with Crippen LogP contribution in [0, 0.1) is 0 Å². The average Bonchev–Trinajstić information content (AvgIpc) is 2.88. The molecular formula is C19H16Cl3N3O4. The van der Waals surface area contributed by atoms with E-state index in [2.05, 4.69) is 10.6 Å². The number of benzene rings is 2. The quantitative estimate of drug-likeness (QED) is 0.664. The summed E-state index contributed by atoms with van der Waals surface area (Å²) in [6, 6.07) is 8.63. The minimum Gasteiger partial charge on any atom is -0.495 e. The van der Waals surface area contributed by atoms with Gasteiger partial charge in [0.15, 0.2) is 0 Å². The molecule has 1 aliphatic heterocycles. The third-order valence-corrected chi connectivity index (χ3v) is 5.48. The van der Waals surface area contributed by atoms with Crippen molar-refractivity contribution in [2.75, 3.05) is 19.0 Å². The molecule has 10 heteroatoms. The molecule has 7 nitrogen and oxygen atoms in total. The summed E-state index contributed by atoms with van der Waals surface area (Å²) in [5, 5.41) is 6.16. The molecule has 1 unspecified atom stereocenters. The van der Waals surface area contributed by atoms with E-state index in [1.54, 1.807) is 18.2 Å². The molecule has 2 aromatic carbocycles. The number of urea groups is 1. The largest absolute Gasteiger partial charge is 0.495 e. The van der Waals surface area contributed by atoms with E-state index in [0.29, 0.717) is 27.0 Å². The molecule has 1 saturated heterocycles. The highest BCUT2D eigenvalue weighted by molar-refractivity contribution is 6.42. The van der Waals surface area contributed by atoms with Crippen LogP contribution in [0.2, 0.25) is 15.1 Å². The summed E-state index contributed by atoms with van der Waals surface area (Å²) in [7, 11) is 1.44. The fourth-order valence-electron chi connectivity index (χ4n) is 2.95. The molecule has 1 aliphatic rings. The third-order valence-electron chi connectivity index (χ3n) is 4.51. The molecule has 0 spiro atoms. The molecule has 1 fully saturated rings. The maximum absolute atomic E-state index is 12.9. The highest BCUT2D eigenvalue weighted by Gasteiger charge is 2.49. The van der Waals surface area contributed by atoms with Crippen LogP contribution in [-0.4, -0.2) is 36.4 Å². The Morgan fingerprint density at radius 3 is 2.52 bits per heavy atom. The molecule has 0 saturated carbocycles. The topological polar surface area (TPSA) is 87.7 Å². The molecule has 0 radical (unpaired) electrons. The first-order valence-corrected chi connectivity index (χ1v) is 9.52. The number of hydrogen-bond acceptors (Lipinski definition) is 4. The monoisotopic (exact) mass is 455 g/mol. The molecule has 0 bridgehead atoms. The first kappa shape index (κ1) is 21.2. The van der Waals surface area contributed by atoms with Gasteiger partial charge in [-0.2, -0.15) is 0 Å². The SMILES string of the molecule is COc1ccc(Cl)cc1NC(=O)CN1C(=O)NC(C)(c2ccc(Cl)c(Cl)c2)C1=O. The molecule has 2 aromatic rings. The Bertz CT molecular complexity index is 1010. The van der Waals surface area contributed by atoms with Crippen LogP contribution in [0.1, 0.15) is 12.5 Å². The maximum atomic E-state index is 12.9. The van der Waals surface area contributed by atoms with Crippen LogP contribution in [0.3, 0.4) is 0 Å². The van der Waals surface area contributed by atoms with Gasteiger partial charge in [-0.25, -0.2) is 4.79 Å². The number of nitrogens with one attached hydrogen (secondary N) is 2. The lowest BCUT2D eigenvalue weighted by molar-refractivity contribution is -0.133. The first-order valence-electron chi connectivity index (χ1n) is 8.38. The summed E-state index contributed by atoms with van der Waals surface area (Å²) in [4.78, 5) is 38.6. The predicted octanol–water partition coefficient (Wildman–Crippen LogP) is 4.06. The Morgan fingerprint density at radius 1 is 1.14 bits per heavy atom. The Morgan fingerprint density at radius 2 is 1.86 bits per heavy atom. The summed E-state index contributed by atoms with van der Waals surface area (Å²) < 4.78 is 5.17. The number of imide groups is 1. The van der Waals surface area contributed by atoms with Gasteiger partial charge in [0.05, 0.1) is 22.8 Å². The number of nitrogens with zero attached hydrogens (tertiary/aromatic N) is 1. The van der Waals surface area contributed by atoms with Crippen LogP contribution in [0.5, 0.6) is 5.75 Å². The lowest BCUT2D eigenvalue weighted by atomic mass is 9.92. The van der Waals surface area contributed by atoms with Gasteiger partial charge in [0.2, 0.25) is 5.91 Å². The molecule has 152 valence electrons. The fourth-order valence-corrected chi connectivity index (χ4v) is 3.42. The zero-order chi connectivity index (χ0) is 21.3. The van der Waals surface area contributed by atoms with Crippen LogP contribution >= 0.6 is 34.8 Å². The Labute approximate surface area is 181 Å². The second-order valence-corrected chi connectivity index (χ2v) is 7.72. The van der Waals surface area contributed by atoms with Gasteiger partial charge in [-0.05, 0) is 42.8 Å². The van der Waals surface area contributed by atoms with Crippen molar-refractivity contribution in [1.29, 1.82) is 0 Å². The standard InChI is InChI=1S/C19H16Cl3N3O4/c1-19(10-3-5-12(21)13(22)7-10)17(27)25(18(28)24-19)9-16(26)23-14-8-11(20)4-6-15(14)29-2/h3-8H,9H2,1-2H3,(H,23,26)(H,24,28). The highest BCUT2D eigenvalue weighted by atomic mass is 35.5. The highest BCUT2D eigenvalue weighted by Crippen LogP contribution is 2.33. The van der Waals surface area contributed by atoms with E-state index in [-0.39, 0.29) is 5.02 Å². The molecule has 1 heterocycles. The molecule has 4 amide bonds. The molecule has 3 rings (SSSR count). The Balaban J connectivity index is 1.79. The van der Waals surface area contributed by atoms with Gasteiger partial charge in [0.1, 0.15) is 17.8 Å². The lowest BCUT2D eigenvalue weighted by Gasteiger charge is -2.22. The van der Waals surface area contributed by atoms with Crippen molar-refractivity contribution in [2.45, 2.75) is 12.5 Å². The normalized spacial score (nSPS) is 18.6. The number of halogens is 3. The van der Waals surface area contributed by atoms with Crippen molar-refractivity contribution in [3.63, 3.8) is 0 Å². The van der Waals surface area contributed by atoms with Crippen LogP contribution in [0.4, 0.5) is 10.5 Å². The number of anilines is 1. The molecule has 2 N–H and O–H groups in total. The summed E-state index contributed by atoms with van der Waals surface area (Å²) >= 11 is 17.9. The first-order chi connectivity index (χ1) is 13.7. The van der Waals surface area contributed by atoms with Gasteiger partial charge in [0, 0.05) is 5.02 Å². The van der Waals surface area contributed by atoms with Crippen LogP contribution < -0.4 is 15.4 Å². The van der Waals surface area contributed by atoms with E-state index in [1.165, 1.54) is 32.2 Å². The van der Waals surface area contributed by atoms with Crippen molar-refractivity contribution >= 4 is 58.3 Å². The molecule has 0 aromatic heterocycles. The number of amides is 4. The summed E-state index contributed by atoms with van der Waals surface area (Å²) in [6.45, 7) is 1.04. The van der Waals surface area contributed by atoms with Crippen molar-refractivity contribution in [2.24, 2.45) is 0 Å². The van der Waals surface area contributed by atoms with Crippen molar-refractivity contribution in [3.8, 4) is 5.75 Å². The van der Waals surface area contributed by atoms with Crippen molar-refractivity contribution < 1.29 is 19.1 Å². The zero-order valence-corrected chi connectivity index (χ0v) is 17.7. The molecule has 1 atom stereocenters. The van der Waals surface area contributed by atoms with Gasteiger partial charge >= 0.3 is 6.03 Å². The zero-order valence-electron chi connectivity index (χ0n) is 15.4. The molecular weight excluding hydrogens is 441 g/mol. The minimum atomic E-state index is -1.38. The van der Waals surface area contributed by atoms with Crippen molar-refractivity contribution in [3.05, 3.63) is 57.0 Å². The van der Waals surface area contributed by atoms with Gasteiger partial charge in [-0.15, -0.1) is 0 Å². The fraction of sp³-hybridized carbons (Fsp3) is 0.211. The van der Waals surface area contributed by atoms with Crippen LogP contribution in [0.25, 0.3) is 0 Å². The Kier molecular flexibility index (Phi) is 5.93. The maximum Gasteiger partial charge on any atom is 0.325 e. The summed E-state index contributed by atoms with van der Waals surface area (Å²) in [5.74, 6) is -0.790. The smallest absolute Gasteiger partial charge is 0.325 e. The number of rotatable bonds is 5. The Hall–Kier alpha value is -2.48. The van der Waals surface area contributed by atoms with Gasteiger partial charge in [-0.1, -0.05) is 40.9 Å². The minimum absolute atomic E-state index is 0.247. The van der Waals surface area contributed by atoms with E-state index in [9.17, 15) is 14.4 Å². The van der Waals surface area contributed by atoms with E-state index in [1.807, 2.05) is 0 Å². The predicted molar refractivity (Wildman–Crippen MR) is 111 cm³/mol. The van der Waals surface area contributed by atoms with Gasteiger partial charge in [0.25, 0.3) is 5.91 Å². The van der Waals surface area contributed by atoms with Gasteiger partial charge in [-0.3, -0.25) is 14.5 Å². The average molecular weight is 457 g/mol. The third kappa shape index (κ3) is 4.12. The summed E-state index contributed by atoms with van der Waals surface area (Å²) in [5.41, 5.74) is -0.603. The number of carbonyl (C=O) groups excluding carboxylic acids is 3. The molecule has 29 heavy (non-hydrogen) atoms. The van der Waals surface area contributed by atoms with E-state index in [4.69, 9.17) is 39.5 Å².